The Kier molecular flexibility index (Phi) is 4.54. The van der Waals surface area contributed by atoms with Crippen LogP contribution < -0.4 is 4.74 Å². The van der Waals surface area contributed by atoms with Gasteiger partial charge in [-0.25, -0.2) is 0 Å². The van der Waals surface area contributed by atoms with Crippen LogP contribution in [0.25, 0.3) is 23.0 Å². The molecular formula is C21H17ClN4O3. The number of rotatable bonds is 4. The Labute approximate surface area is 171 Å². The molecule has 0 aliphatic carbocycles. The highest BCUT2D eigenvalue weighted by molar-refractivity contribution is 6.30. The topological polar surface area (TPSA) is 75.2 Å². The number of benzene rings is 2. The molecule has 0 unspecified atom stereocenters. The number of fused-ring (bicyclic) bond motifs is 1. The van der Waals surface area contributed by atoms with Crippen LogP contribution >= 0.6 is 11.6 Å². The van der Waals surface area contributed by atoms with E-state index >= 15 is 0 Å². The van der Waals surface area contributed by atoms with Crippen LogP contribution in [0, 0.1) is 0 Å². The minimum atomic E-state index is -0.0755. The first kappa shape index (κ1) is 17.9. The van der Waals surface area contributed by atoms with E-state index in [2.05, 4.69) is 15.2 Å². The second kappa shape index (κ2) is 7.35. The van der Waals surface area contributed by atoms with Gasteiger partial charge in [-0.3, -0.25) is 4.68 Å². The Morgan fingerprint density at radius 3 is 2.66 bits per heavy atom. The van der Waals surface area contributed by atoms with Crippen LogP contribution in [-0.4, -0.2) is 27.0 Å². The van der Waals surface area contributed by atoms with E-state index < -0.39 is 0 Å². The van der Waals surface area contributed by atoms with Gasteiger partial charge >= 0.3 is 0 Å². The van der Waals surface area contributed by atoms with Crippen molar-refractivity contribution in [1.82, 2.24) is 19.9 Å². The first-order chi connectivity index (χ1) is 14.2. The zero-order valence-corrected chi connectivity index (χ0v) is 16.3. The van der Waals surface area contributed by atoms with Crippen molar-refractivity contribution in [2.45, 2.75) is 19.3 Å². The highest BCUT2D eigenvalue weighted by Crippen LogP contribution is 2.30. The minimum absolute atomic E-state index is 0.0755. The van der Waals surface area contributed by atoms with Crippen LogP contribution in [-0.2, 0) is 17.9 Å². The molecule has 1 aliphatic rings. The van der Waals surface area contributed by atoms with Crippen molar-refractivity contribution in [3.8, 4) is 28.7 Å². The maximum atomic E-state index is 6.02. The van der Waals surface area contributed by atoms with Gasteiger partial charge in [-0.05, 0) is 48.0 Å². The molecule has 0 fully saturated rings. The van der Waals surface area contributed by atoms with E-state index in [1.165, 1.54) is 0 Å². The summed E-state index contributed by atoms with van der Waals surface area (Å²) in [7, 11) is 1.65. The molecule has 0 spiro atoms. The third-order valence-corrected chi connectivity index (χ3v) is 5.12. The summed E-state index contributed by atoms with van der Waals surface area (Å²) in [6.45, 7) is 1.07. The van der Waals surface area contributed by atoms with Gasteiger partial charge in [-0.1, -0.05) is 28.9 Å². The second-order valence-corrected chi connectivity index (χ2v) is 7.14. The Morgan fingerprint density at radius 2 is 1.90 bits per heavy atom. The average molecular weight is 409 g/mol. The predicted octanol–water partition coefficient (Wildman–Crippen LogP) is 4.53. The Balaban J connectivity index is 1.37. The summed E-state index contributed by atoms with van der Waals surface area (Å²) in [4.78, 5) is 4.47. The summed E-state index contributed by atoms with van der Waals surface area (Å²) in [5.41, 5.74) is 3.51. The van der Waals surface area contributed by atoms with Gasteiger partial charge in [-0.2, -0.15) is 10.1 Å². The molecule has 0 amide bonds. The second-order valence-electron chi connectivity index (χ2n) is 6.71. The fourth-order valence-electron chi connectivity index (χ4n) is 3.29. The zero-order valence-electron chi connectivity index (χ0n) is 15.6. The quantitative estimate of drug-likeness (QED) is 0.493. The molecular weight excluding hydrogens is 392 g/mol. The van der Waals surface area contributed by atoms with Crippen LogP contribution in [0.2, 0.25) is 5.02 Å². The lowest BCUT2D eigenvalue weighted by Crippen LogP contribution is -2.21. The average Bonchev–Trinajstić information content (AvgIpc) is 3.41. The molecule has 1 aliphatic heterocycles. The molecule has 5 rings (SSSR count). The number of hydrogen-bond acceptors (Lipinski definition) is 6. The van der Waals surface area contributed by atoms with Crippen molar-refractivity contribution in [2.75, 3.05) is 7.11 Å². The largest absolute Gasteiger partial charge is 0.497 e. The molecule has 2 aromatic heterocycles. The predicted molar refractivity (Wildman–Crippen MR) is 106 cm³/mol. The number of hydrogen-bond donors (Lipinski definition) is 0. The van der Waals surface area contributed by atoms with Crippen molar-refractivity contribution >= 4 is 11.6 Å². The highest BCUT2D eigenvalue weighted by Gasteiger charge is 2.24. The van der Waals surface area contributed by atoms with Crippen LogP contribution in [0.15, 0.2) is 59.1 Å². The van der Waals surface area contributed by atoms with E-state index in [9.17, 15) is 0 Å². The zero-order chi connectivity index (χ0) is 19.8. The summed E-state index contributed by atoms with van der Waals surface area (Å²) in [6.07, 6.45) is -0.0755. The Bertz CT molecular complexity index is 1140. The molecule has 146 valence electrons. The monoisotopic (exact) mass is 408 g/mol. The number of nitrogens with zero attached hydrogens (tertiary/aromatic N) is 4. The van der Waals surface area contributed by atoms with Crippen LogP contribution in [0.4, 0.5) is 0 Å². The summed E-state index contributed by atoms with van der Waals surface area (Å²) >= 11 is 5.93. The maximum absolute atomic E-state index is 6.02. The van der Waals surface area contributed by atoms with E-state index in [4.69, 9.17) is 25.6 Å². The van der Waals surface area contributed by atoms with Crippen LogP contribution in [0.1, 0.15) is 17.4 Å². The molecule has 4 aromatic rings. The molecule has 0 N–H and O–H groups in total. The van der Waals surface area contributed by atoms with Gasteiger partial charge in [0, 0.05) is 10.6 Å². The lowest BCUT2D eigenvalue weighted by atomic mass is 10.1. The molecule has 29 heavy (non-hydrogen) atoms. The van der Waals surface area contributed by atoms with Gasteiger partial charge in [0.1, 0.15) is 11.9 Å². The first-order valence-corrected chi connectivity index (χ1v) is 9.50. The van der Waals surface area contributed by atoms with Gasteiger partial charge in [0.05, 0.1) is 26.0 Å². The summed E-state index contributed by atoms with van der Waals surface area (Å²) < 4.78 is 18.6. The Hall–Kier alpha value is -3.16. The van der Waals surface area contributed by atoms with Gasteiger partial charge in [-0.15, -0.1) is 0 Å². The van der Waals surface area contributed by atoms with E-state index in [1.807, 2.05) is 47.1 Å². The summed E-state index contributed by atoms with van der Waals surface area (Å²) in [5, 5.41) is 9.36. The smallest absolute Gasteiger partial charge is 0.278 e. The molecule has 0 saturated carbocycles. The van der Waals surface area contributed by atoms with Crippen molar-refractivity contribution in [2.24, 2.45) is 0 Å². The molecule has 2 aromatic carbocycles. The lowest BCUT2D eigenvalue weighted by Gasteiger charge is -2.24. The van der Waals surface area contributed by atoms with Gasteiger partial charge < -0.3 is 14.0 Å². The molecule has 8 heteroatoms. The molecule has 0 bridgehead atoms. The Morgan fingerprint density at radius 1 is 1.10 bits per heavy atom. The van der Waals surface area contributed by atoms with E-state index in [1.54, 1.807) is 19.2 Å². The third-order valence-electron chi connectivity index (χ3n) is 4.87. The minimum Gasteiger partial charge on any atom is -0.497 e. The fourth-order valence-corrected chi connectivity index (χ4v) is 3.42. The molecule has 7 nitrogen and oxygen atoms in total. The first-order valence-electron chi connectivity index (χ1n) is 9.12. The summed E-state index contributed by atoms with van der Waals surface area (Å²) in [5.74, 6) is 1.69. The van der Waals surface area contributed by atoms with Gasteiger partial charge in [0.25, 0.3) is 5.89 Å². The summed E-state index contributed by atoms with van der Waals surface area (Å²) in [6, 6.07) is 17.1. The van der Waals surface area contributed by atoms with E-state index in [0.717, 1.165) is 22.6 Å². The molecule has 0 saturated heterocycles. The fraction of sp³-hybridized carbons (Fsp3) is 0.190. The van der Waals surface area contributed by atoms with Crippen molar-refractivity contribution < 1.29 is 14.0 Å². The standard InChI is InChI=1S/C21H17ClN4O3/c1-27-17-8-4-13(5-9-17)19-11-26-16(12-28-19)10-18(24-26)21-23-20(25-29-21)14-2-6-15(22)7-3-14/h2-10,19H,11-12H2,1H3/t19-/m0/s1. The number of halogens is 1. The van der Waals surface area contributed by atoms with E-state index in [0.29, 0.717) is 35.6 Å². The van der Waals surface area contributed by atoms with Gasteiger partial charge in [0.2, 0.25) is 5.82 Å². The molecule has 1 atom stereocenters. The van der Waals surface area contributed by atoms with Crippen molar-refractivity contribution in [3.63, 3.8) is 0 Å². The van der Waals surface area contributed by atoms with Crippen molar-refractivity contribution in [1.29, 1.82) is 0 Å². The SMILES string of the molecule is COc1ccc([C@@H]2Cn3nc(-c4nc(-c5ccc(Cl)cc5)no4)cc3CO2)cc1. The van der Waals surface area contributed by atoms with Gasteiger partial charge in [0.15, 0.2) is 5.69 Å². The highest BCUT2D eigenvalue weighted by atomic mass is 35.5. The number of methoxy groups -OCH3 is 1. The number of aromatic nitrogens is 4. The lowest BCUT2D eigenvalue weighted by molar-refractivity contribution is -0.00115. The van der Waals surface area contributed by atoms with E-state index in [-0.39, 0.29) is 6.10 Å². The molecule has 0 radical (unpaired) electrons. The molecule has 3 heterocycles. The maximum Gasteiger partial charge on any atom is 0.278 e. The normalized spacial score (nSPS) is 15.9. The number of ether oxygens (including phenoxy) is 2. The van der Waals surface area contributed by atoms with Crippen LogP contribution in [0.3, 0.4) is 0 Å². The van der Waals surface area contributed by atoms with Crippen LogP contribution in [0.5, 0.6) is 5.75 Å². The van der Waals surface area contributed by atoms with Crippen molar-refractivity contribution in [3.05, 3.63) is 70.9 Å². The third kappa shape index (κ3) is 3.50.